The molecule has 0 fully saturated rings. The highest BCUT2D eigenvalue weighted by Crippen LogP contribution is 2.31. The molecule has 140 valence electrons. The summed E-state index contributed by atoms with van der Waals surface area (Å²) in [5.74, 6) is -2.49. The van der Waals surface area contributed by atoms with Gasteiger partial charge in [0.1, 0.15) is 17.6 Å². The molecule has 0 radical (unpaired) electrons. The Morgan fingerprint density at radius 3 is 2.28 bits per heavy atom. The number of phenols is 1. The van der Waals surface area contributed by atoms with Crippen LogP contribution in [-0.4, -0.2) is 57.9 Å². The van der Waals surface area contributed by atoms with Crippen LogP contribution < -0.4 is 4.74 Å². The smallest absolute Gasteiger partial charge is 0.414 e. The minimum absolute atomic E-state index is 0.257. The second-order valence-corrected chi connectivity index (χ2v) is 5.98. The fraction of sp³-hybridized carbons (Fsp3) is 0.556. The zero-order chi connectivity index (χ0) is 18.8. The van der Waals surface area contributed by atoms with Gasteiger partial charge < -0.3 is 20.1 Å². The molecule has 0 bridgehead atoms. The van der Waals surface area contributed by atoms with Crippen molar-refractivity contribution >= 4 is 11.9 Å². The minimum Gasteiger partial charge on any atom is -0.508 e. The average molecular weight is 353 g/mol. The molecular formula is C18H27NO6. The number of phenolic OH excluding ortho intramolecular Hbond substituents is 1. The van der Waals surface area contributed by atoms with Gasteiger partial charge in [-0.2, -0.15) is 0 Å². The summed E-state index contributed by atoms with van der Waals surface area (Å²) in [4.78, 5) is 20.7. The Bertz CT molecular complexity index is 557. The lowest BCUT2D eigenvalue weighted by molar-refractivity contribution is -0.159. The maximum Gasteiger partial charge on any atom is 0.414 e. The number of nitrogens with zero attached hydrogens (tertiary/aromatic N) is 1. The molecule has 1 aromatic rings. The molecule has 7 nitrogen and oxygen atoms in total. The van der Waals surface area contributed by atoms with Gasteiger partial charge in [0.05, 0.1) is 0 Å². The molecule has 1 aliphatic rings. The highest BCUT2D eigenvalue weighted by molar-refractivity contribution is 6.27. The van der Waals surface area contributed by atoms with E-state index in [2.05, 4.69) is 18.7 Å². The Morgan fingerprint density at radius 1 is 1.16 bits per heavy atom. The van der Waals surface area contributed by atoms with Gasteiger partial charge in [0.2, 0.25) is 0 Å². The number of benzene rings is 1. The van der Waals surface area contributed by atoms with Crippen molar-refractivity contribution in [1.82, 2.24) is 4.90 Å². The summed E-state index contributed by atoms with van der Waals surface area (Å²) in [5.41, 5.74) is 1.21. The molecule has 1 aliphatic heterocycles. The lowest BCUT2D eigenvalue weighted by Gasteiger charge is -2.31. The predicted molar refractivity (Wildman–Crippen MR) is 93.1 cm³/mol. The molecule has 0 saturated heterocycles. The highest BCUT2D eigenvalue weighted by Gasteiger charge is 2.22. The molecule has 1 atom stereocenters. The number of ether oxygens (including phenoxy) is 1. The first-order valence-electron chi connectivity index (χ1n) is 8.54. The molecule has 3 N–H and O–H groups in total. The van der Waals surface area contributed by atoms with E-state index in [1.165, 1.54) is 18.4 Å². The lowest BCUT2D eigenvalue weighted by atomic mass is 10.0. The maximum atomic E-state index is 9.53. The molecule has 1 aromatic carbocycles. The van der Waals surface area contributed by atoms with Gasteiger partial charge in [0.15, 0.2) is 0 Å². The Balaban J connectivity index is 0.000000450. The average Bonchev–Trinajstić information content (AvgIpc) is 2.55. The molecule has 0 aliphatic carbocycles. The Labute approximate surface area is 147 Å². The van der Waals surface area contributed by atoms with Gasteiger partial charge in [-0.15, -0.1) is 0 Å². The standard InChI is InChI=1S/C16H25NO2.C2H2O4/c1-3-9-17(10-4-2)12-15-8-6-13-5-7-14(18)11-16(13)19-15;3-1(4)2(5)6/h5,7,11,15,18H,3-4,6,8-10,12H2,1-2H3;(H,3,4)(H,5,6). The van der Waals surface area contributed by atoms with Crippen molar-refractivity contribution in [1.29, 1.82) is 0 Å². The van der Waals surface area contributed by atoms with Crippen molar-refractivity contribution in [2.45, 2.75) is 45.6 Å². The van der Waals surface area contributed by atoms with Gasteiger partial charge in [-0.3, -0.25) is 4.90 Å². The molecule has 0 spiro atoms. The summed E-state index contributed by atoms with van der Waals surface area (Å²) in [6.45, 7) is 7.72. The van der Waals surface area contributed by atoms with Crippen LogP contribution >= 0.6 is 0 Å². The van der Waals surface area contributed by atoms with E-state index in [0.717, 1.165) is 38.2 Å². The molecule has 7 heteroatoms. The van der Waals surface area contributed by atoms with E-state index in [4.69, 9.17) is 24.5 Å². The molecule has 2 rings (SSSR count). The SMILES string of the molecule is CCCN(CCC)CC1CCc2ccc(O)cc2O1.O=C(O)C(=O)O. The van der Waals surface area contributed by atoms with Crippen molar-refractivity contribution < 1.29 is 29.6 Å². The van der Waals surface area contributed by atoms with Crippen molar-refractivity contribution in [2.75, 3.05) is 19.6 Å². The number of carbonyl (C=O) groups is 2. The Morgan fingerprint density at radius 2 is 1.76 bits per heavy atom. The zero-order valence-electron chi connectivity index (χ0n) is 14.8. The van der Waals surface area contributed by atoms with Gasteiger partial charge in [-0.25, -0.2) is 9.59 Å². The zero-order valence-corrected chi connectivity index (χ0v) is 14.8. The van der Waals surface area contributed by atoms with Crippen LogP contribution in [0, 0.1) is 0 Å². The summed E-state index contributed by atoms with van der Waals surface area (Å²) in [6, 6.07) is 5.45. The largest absolute Gasteiger partial charge is 0.508 e. The lowest BCUT2D eigenvalue weighted by Crippen LogP contribution is -2.38. The van der Waals surface area contributed by atoms with Crippen LogP contribution in [-0.2, 0) is 16.0 Å². The first-order valence-corrected chi connectivity index (χ1v) is 8.54. The van der Waals surface area contributed by atoms with Gasteiger partial charge >= 0.3 is 11.9 Å². The molecule has 25 heavy (non-hydrogen) atoms. The molecule has 0 saturated carbocycles. The second kappa shape index (κ2) is 10.6. The van der Waals surface area contributed by atoms with Gasteiger partial charge in [0, 0.05) is 12.6 Å². The fourth-order valence-electron chi connectivity index (χ4n) is 2.76. The van der Waals surface area contributed by atoms with E-state index >= 15 is 0 Å². The number of carboxylic acids is 2. The predicted octanol–water partition coefficient (Wildman–Crippen LogP) is 2.36. The van der Waals surface area contributed by atoms with Crippen molar-refractivity contribution in [3.63, 3.8) is 0 Å². The molecule has 0 amide bonds. The van der Waals surface area contributed by atoms with E-state index in [-0.39, 0.29) is 6.10 Å². The molecule has 0 aromatic heterocycles. The second-order valence-electron chi connectivity index (χ2n) is 5.98. The highest BCUT2D eigenvalue weighted by atomic mass is 16.5. The maximum absolute atomic E-state index is 9.53. The number of hydrogen-bond acceptors (Lipinski definition) is 5. The van der Waals surface area contributed by atoms with Crippen LogP contribution in [0.5, 0.6) is 11.5 Å². The quantitative estimate of drug-likeness (QED) is 0.674. The topological polar surface area (TPSA) is 107 Å². The number of hydrogen-bond donors (Lipinski definition) is 3. The third-order valence-corrected chi connectivity index (χ3v) is 3.80. The van der Waals surface area contributed by atoms with E-state index in [1.807, 2.05) is 6.07 Å². The fourth-order valence-corrected chi connectivity index (χ4v) is 2.76. The summed E-state index contributed by atoms with van der Waals surface area (Å²) in [7, 11) is 0. The van der Waals surface area contributed by atoms with Crippen LogP contribution in [0.1, 0.15) is 38.7 Å². The minimum atomic E-state index is -1.82. The number of fused-ring (bicyclic) bond motifs is 1. The number of aliphatic carboxylic acids is 2. The number of carboxylic acid groups (broad SMARTS) is 2. The summed E-state index contributed by atoms with van der Waals surface area (Å²) < 4.78 is 6.03. The third-order valence-electron chi connectivity index (χ3n) is 3.80. The van der Waals surface area contributed by atoms with Crippen LogP contribution in [0.2, 0.25) is 0 Å². The number of aromatic hydroxyl groups is 1. The first kappa shape index (κ1) is 20.8. The summed E-state index contributed by atoms with van der Waals surface area (Å²) in [6.07, 6.45) is 4.75. The molecular weight excluding hydrogens is 326 g/mol. The Hall–Kier alpha value is -2.28. The van der Waals surface area contributed by atoms with Gasteiger partial charge in [-0.05, 0) is 50.4 Å². The Kier molecular flexibility index (Phi) is 8.77. The van der Waals surface area contributed by atoms with E-state index < -0.39 is 11.9 Å². The van der Waals surface area contributed by atoms with Crippen molar-refractivity contribution in [3.8, 4) is 11.5 Å². The van der Waals surface area contributed by atoms with Crippen molar-refractivity contribution in [3.05, 3.63) is 23.8 Å². The van der Waals surface area contributed by atoms with Crippen LogP contribution in [0.25, 0.3) is 0 Å². The number of rotatable bonds is 6. The molecule has 1 heterocycles. The summed E-state index contributed by atoms with van der Waals surface area (Å²) >= 11 is 0. The first-order chi connectivity index (χ1) is 11.9. The number of aryl methyl sites for hydroxylation is 1. The van der Waals surface area contributed by atoms with Crippen LogP contribution in [0.3, 0.4) is 0 Å². The van der Waals surface area contributed by atoms with Crippen LogP contribution in [0.15, 0.2) is 18.2 Å². The van der Waals surface area contributed by atoms with E-state index in [1.54, 1.807) is 12.1 Å². The van der Waals surface area contributed by atoms with E-state index in [9.17, 15) is 5.11 Å². The monoisotopic (exact) mass is 353 g/mol. The van der Waals surface area contributed by atoms with E-state index in [0.29, 0.717) is 5.75 Å². The summed E-state index contributed by atoms with van der Waals surface area (Å²) in [5, 5.41) is 24.3. The van der Waals surface area contributed by atoms with Gasteiger partial charge in [0.25, 0.3) is 0 Å². The van der Waals surface area contributed by atoms with Gasteiger partial charge in [-0.1, -0.05) is 19.9 Å². The van der Waals surface area contributed by atoms with Crippen LogP contribution in [0.4, 0.5) is 0 Å². The molecule has 1 unspecified atom stereocenters. The normalized spacial score (nSPS) is 15.6. The van der Waals surface area contributed by atoms with Crippen molar-refractivity contribution in [2.24, 2.45) is 0 Å². The third kappa shape index (κ3) is 7.43.